The second-order valence-corrected chi connectivity index (χ2v) is 7.46. The average molecular weight is 310 g/mol. The third-order valence-corrected chi connectivity index (χ3v) is 4.29. The fraction of sp³-hybridized carbons (Fsp3) is 0.200. The predicted octanol–water partition coefficient (Wildman–Crippen LogP) is 3.34. The second kappa shape index (κ2) is 5.95. The lowest BCUT2D eigenvalue weighted by Gasteiger charge is -2.10. The zero-order valence-electron chi connectivity index (χ0n) is 11.4. The van der Waals surface area contributed by atoms with Gasteiger partial charge in [-0.2, -0.15) is 0 Å². The zero-order valence-corrected chi connectivity index (χ0v) is 12.9. The minimum Gasteiger partial charge on any atom is -0.305 e. The molecule has 106 valence electrons. The van der Waals surface area contributed by atoms with Gasteiger partial charge in [0.2, 0.25) is 0 Å². The summed E-state index contributed by atoms with van der Waals surface area (Å²) in [6, 6.07) is 14.8. The molecule has 0 saturated heterocycles. The molecular formula is C15H16ClNO2S. The Kier molecular flexibility index (Phi) is 4.48. The first kappa shape index (κ1) is 15.0. The van der Waals surface area contributed by atoms with Crippen molar-refractivity contribution >= 4 is 19.7 Å². The fourth-order valence-electron chi connectivity index (χ4n) is 1.98. The Morgan fingerprint density at radius 3 is 1.75 bits per heavy atom. The molecule has 0 unspecified atom stereocenters. The van der Waals surface area contributed by atoms with Gasteiger partial charge < -0.3 is 4.90 Å². The van der Waals surface area contributed by atoms with Crippen LogP contribution >= 0.6 is 10.7 Å². The van der Waals surface area contributed by atoms with Gasteiger partial charge in [-0.1, -0.05) is 36.4 Å². The first-order chi connectivity index (χ1) is 9.36. The number of benzene rings is 2. The van der Waals surface area contributed by atoms with E-state index in [4.69, 9.17) is 10.7 Å². The number of rotatable bonds is 4. The minimum absolute atomic E-state index is 0.118. The molecule has 0 aliphatic heterocycles. The maximum Gasteiger partial charge on any atom is 0.261 e. The smallest absolute Gasteiger partial charge is 0.261 e. The molecule has 0 fully saturated rings. The van der Waals surface area contributed by atoms with Crippen molar-refractivity contribution in [3.05, 3.63) is 54.1 Å². The fourth-order valence-corrected chi connectivity index (χ4v) is 2.75. The van der Waals surface area contributed by atoms with Gasteiger partial charge in [0.15, 0.2) is 0 Å². The standard InChI is InChI=1S/C15H16ClNO2S/c1-17(2)11-12-3-5-13(6-4-12)14-7-9-15(10-8-14)20(16,18)19/h3-10H,11H2,1-2H3. The van der Waals surface area contributed by atoms with Crippen LogP contribution in [0.5, 0.6) is 0 Å². The largest absolute Gasteiger partial charge is 0.305 e. The van der Waals surface area contributed by atoms with Crippen LogP contribution in [0.25, 0.3) is 11.1 Å². The van der Waals surface area contributed by atoms with Crippen LogP contribution in [0.3, 0.4) is 0 Å². The highest BCUT2D eigenvalue weighted by Crippen LogP contribution is 2.23. The summed E-state index contributed by atoms with van der Waals surface area (Å²) < 4.78 is 22.4. The van der Waals surface area contributed by atoms with Crippen molar-refractivity contribution in [2.24, 2.45) is 0 Å². The summed E-state index contributed by atoms with van der Waals surface area (Å²) in [7, 11) is 5.69. The van der Waals surface area contributed by atoms with Crippen molar-refractivity contribution in [1.82, 2.24) is 4.90 Å². The molecule has 0 heterocycles. The summed E-state index contributed by atoms with van der Waals surface area (Å²) in [6.45, 7) is 0.893. The molecule has 0 atom stereocenters. The summed E-state index contributed by atoms with van der Waals surface area (Å²) in [5, 5.41) is 0. The molecule has 0 radical (unpaired) electrons. The Labute approximate surface area is 124 Å². The molecule has 2 aromatic carbocycles. The molecule has 0 aromatic heterocycles. The predicted molar refractivity (Wildman–Crippen MR) is 82.3 cm³/mol. The molecule has 0 spiro atoms. The van der Waals surface area contributed by atoms with E-state index in [1.54, 1.807) is 12.1 Å². The van der Waals surface area contributed by atoms with Gasteiger partial charge in [0, 0.05) is 17.2 Å². The van der Waals surface area contributed by atoms with Gasteiger partial charge >= 0.3 is 0 Å². The lowest BCUT2D eigenvalue weighted by Crippen LogP contribution is -2.10. The van der Waals surface area contributed by atoms with E-state index in [0.29, 0.717) is 0 Å². The highest BCUT2D eigenvalue weighted by Gasteiger charge is 2.09. The number of halogens is 1. The van der Waals surface area contributed by atoms with Gasteiger partial charge in [-0.05, 0) is 42.9 Å². The normalized spacial score (nSPS) is 11.8. The molecule has 0 saturated carbocycles. The topological polar surface area (TPSA) is 37.4 Å². The molecule has 0 amide bonds. The Bertz CT molecular complexity index is 677. The zero-order chi connectivity index (χ0) is 14.8. The SMILES string of the molecule is CN(C)Cc1ccc(-c2ccc(S(=O)(=O)Cl)cc2)cc1. The van der Waals surface area contributed by atoms with Crippen LogP contribution in [-0.4, -0.2) is 27.4 Å². The monoisotopic (exact) mass is 309 g/mol. The average Bonchev–Trinajstić information content (AvgIpc) is 2.38. The molecule has 20 heavy (non-hydrogen) atoms. The van der Waals surface area contributed by atoms with Crippen molar-refractivity contribution in [1.29, 1.82) is 0 Å². The van der Waals surface area contributed by atoms with E-state index in [0.717, 1.165) is 17.7 Å². The highest BCUT2D eigenvalue weighted by atomic mass is 35.7. The van der Waals surface area contributed by atoms with Gasteiger partial charge in [0.25, 0.3) is 9.05 Å². The second-order valence-electron chi connectivity index (χ2n) is 4.90. The molecular weight excluding hydrogens is 294 g/mol. The molecule has 2 aromatic rings. The highest BCUT2D eigenvalue weighted by molar-refractivity contribution is 8.13. The molecule has 3 nitrogen and oxygen atoms in total. The van der Waals surface area contributed by atoms with Crippen molar-refractivity contribution in [2.45, 2.75) is 11.4 Å². The van der Waals surface area contributed by atoms with E-state index in [2.05, 4.69) is 17.0 Å². The molecule has 0 bridgehead atoms. The Morgan fingerprint density at radius 2 is 1.35 bits per heavy atom. The molecule has 0 N–H and O–H groups in total. The van der Waals surface area contributed by atoms with E-state index in [1.165, 1.54) is 17.7 Å². The van der Waals surface area contributed by atoms with E-state index in [-0.39, 0.29) is 4.90 Å². The van der Waals surface area contributed by atoms with E-state index < -0.39 is 9.05 Å². The summed E-state index contributed by atoms with van der Waals surface area (Å²) in [6.07, 6.45) is 0. The van der Waals surface area contributed by atoms with Crippen LogP contribution in [0.2, 0.25) is 0 Å². The lowest BCUT2D eigenvalue weighted by atomic mass is 10.0. The van der Waals surface area contributed by atoms with Crippen LogP contribution in [-0.2, 0) is 15.6 Å². The van der Waals surface area contributed by atoms with Gasteiger partial charge in [0.1, 0.15) is 0 Å². The first-order valence-electron chi connectivity index (χ1n) is 6.15. The van der Waals surface area contributed by atoms with Crippen LogP contribution in [0.1, 0.15) is 5.56 Å². The molecule has 0 aliphatic rings. The van der Waals surface area contributed by atoms with Crippen molar-refractivity contribution in [2.75, 3.05) is 14.1 Å². The lowest BCUT2D eigenvalue weighted by molar-refractivity contribution is 0.402. The van der Waals surface area contributed by atoms with Gasteiger partial charge in [-0.15, -0.1) is 0 Å². The Morgan fingerprint density at radius 1 is 0.900 bits per heavy atom. The quantitative estimate of drug-likeness (QED) is 0.813. The minimum atomic E-state index is -3.66. The maximum atomic E-state index is 11.2. The van der Waals surface area contributed by atoms with Crippen LogP contribution in [0.4, 0.5) is 0 Å². The van der Waals surface area contributed by atoms with Crippen molar-refractivity contribution < 1.29 is 8.42 Å². The van der Waals surface area contributed by atoms with E-state index >= 15 is 0 Å². The number of nitrogens with zero attached hydrogens (tertiary/aromatic N) is 1. The Hall–Kier alpha value is -1.36. The van der Waals surface area contributed by atoms with Crippen LogP contribution in [0, 0.1) is 0 Å². The molecule has 5 heteroatoms. The van der Waals surface area contributed by atoms with E-state index in [1.807, 2.05) is 26.2 Å². The van der Waals surface area contributed by atoms with Crippen LogP contribution < -0.4 is 0 Å². The first-order valence-corrected chi connectivity index (χ1v) is 8.46. The van der Waals surface area contributed by atoms with Gasteiger partial charge in [-0.3, -0.25) is 0 Å². The van der Waals surface area contributed by atoms with Crippen molar-refractivity contribution in [3.8, 4) is 11.1 Å². The summed E-state index contributed by atoms with van der Waals surface area (Å²) >= 11 is 0. The van der Waals surface area contributed by atoms with Gasteiger partial charge in [0.05, 0.1) is 4.90 Å². The van der Waals surface area contributed by atoms with E-state index in [9.17, 15) is 8.42 Å². The molecule has 2 rings (SSSR count). The van der Waals surface area contributed by atoms with Crippen molar-refractivity contribution in [3.63, 3.8) is 0 Å². The summed E-state index contributed by atoms with van der Waals surface area (Å²) in [4.78, 5) is 2.22. The third kappa shape index (κ3) is 3.82. The molecule has 0 aliphatic carbocycles. The maximum absolute atomic E-state index is 11.2. The Balaban J connectivity index is 2.24. The number of hydrogen-bond donors (Lipinski definition) is 0. The summed E-state index contributed by atoms with van der Waals surface area (Å²) in [5.41, 5.74) is 3.25. The van der Waals surface area contributed by atoms with Crippen LogP contribution in [0.15, 0.2) is 53.4 Å². The summed E-state index contributed by atoms with van der Waals surface area (Å²) in [5.74, 6) is 0. The van der Waals surface area contributed by atoms with Gasteiger partial charge in [-0.25, -0.2) is 8.42 Å². The third-order valence-electron chi connectivity index (χ3n) is 2.92. The number of hydrogen-bond acceptors (Lipinski definition) is 3.